The van der Waals surface area contributed by atoms with Crippen LogP contribution in [0.25, 0.3) is 11.0 Å². The molecule has 2 aromatic rings. The van der Waals surface area contributed by atoms with Gasteiger partial charge in [-0.05, 0) is 12.1 Å². The number of nitrogens with one attached hydrogen (secondary N) is 2. The summed E-state index contributed by atoms with van der Waals surface area (Å²) in [5.74, 6) is -2.87. The number of aromatic carboxylic acids is 1. The number of esters is 2. The molecule has 0 aliphatic heterocycles. The molecule has 23 heavy (non-hydrogen) atoms. The lowest BCUT2D eigenvalue weighted by molar-refractivity contribution is -0.138. The molecule has 9 heteroatoms. The largest absolute Gasteiger partial charge is 0.478 e. The summed E-state index contributed by atoms with van der Waals surface area (Å²) in [6.07, 6.45) is 2.28. The van der Waals surface area contributed by atoms with E-state index in [0.717, 1.165) is 20.3 Å². The Morgan fingerprint density at radius 2 is 2.00 bits per heavy atom. The van der Waals surface area contributed by atoms with Gasteiger partial charge in [0.1, 0.15) is 5.70 Å². The molecular weight excluding hydrogens is 306 g/mol. The minimum Gasteiger partial charge on any atom is -0.478 e. The monoisotopic (exact) mass is 319 g/mol. The van der Waals surface area contributed by atoms with E-state index < -0.39 is 17.9 Å². The quantitative estimate of drug-likeness (QED) is 0.547. The van der Waals surface area contributed by atoms with E-state index in [2.05, 4.69) is 24.8 Å². The van der Waals surface area contributed by atoms with E-state index in [4.69, 9.17) is 0 Å². The average molecular weight is 319 g/mol. The van der Waals surface area contributed by atoms with Crippen LogP contribution in [0.3, 0.4) is 0 Å². The summed E-state index contributed by atoms with van der Waals surface area (Å²) in [6, 6.07) is 2.80. The Bertz CT molecular complexity index is 808. The molecule has 2 rings (SSSR count). The number of carbonyl (C=O) groups is 3. The van der Waals surface area contributed by atoms with Crippen LogP contribution < -0.4 is 5.32 Å². The van der Waals surface area contributed by atoms with Crippen LogP contribution >= 0.6 is 0 Å². The first-order valence-corrected chi connectivity index (χ1v) is 6.31. The SMILES string of the molecule is COC(=O)/C=C(/Nc1cc2nc[nH]c2cc1C(=O)O)C(=O)OC. The van der Waals surface area contributed by atoms with Gasteiger partial charge in [0.15, 0.2) is 0 Å². The average Bonchev–Trinajstić information content (AvgIpc) is 2.99. The number of hydrogen-bond acceptors (Lipinski definition) is 7. The molecule has 0 spiro atoms. The maximum absolute atomic E-state index is 11.7. The number of H-pyrrole nitrogens is 1. The number of fused-ring (bicyclic) bond motifs is 1. The van der Waals surface area contributed by atoms with E-state index in [-0.39, 0.29) is 16.9 Å². The van der Waals surface area contributed by atoms with Crippen molar-refractivity contribution in [1.29, 1.82) is 0 Å². The van der Waals surface area contributed by atoms with Crippen molar-refractivity contribution in [3.05, 3.63) is 35.8 Å². The Hall–Kier alpha value is -3.36. The van der Waals surface area contributed by atoms with Crippen LogP contribution in [-0.2, 0) is 19.1 Å². The van der Waals surface area contributed by atoms with E-state index in [1.165, 1.54) is 18.5 Å². The summed E-state index contributed by atoms with van der Waals surface area (Å²) in [5.41, 5.74) is 0.708. The molecule has 9 nitrogen and oxygen atoms in total. The molecule has 120 valence electrons. The number of anilines is 1. The lowest BCUT2D eigenvalue weighted by Crippen LogP contribution is -2.17. The van der Waals surface area contributed by atoms with E-state index >= 15 is 0 Å². The fourth-order valence-electron chi connectivity index (χ4n) is 1.84. The molecule has 0 saturated carbocycles. The molecule has 0 bridgehead atoms. The summed E-state index contributed by atoms with van der Waals surface area (Å²) < 4.78 is 9.01. The number of benzene rings is 1. The molecule has 0 unspecified atom stereocenters. The third kappa shape index (κ3) is 3.46. The van der Waals surface area contributed by atoms with Crippen molar-refractivity contribution in [1.82, 2.24) is 9.97 Å². The number of imidazole rings is 1. The van der Waals surface area contributed by atoms with E-state index in [0.29, 0.717) is 11.0 Å². The molecule has 0 amide bonds. The number of hydrogen-bond donors (Lipinski definition) is 3. The Morgan fingerprint density at radius 1 is 1.26 bits per heavy atom. The number of aromatic amines is 1. The standard InChI is InChI=1S/C14H13N3O6/c1-22-12(18)5-11(14(21)23-2)17-8-4-10-9(15-6-16-10)3-7(8)13(19)20/h3-6,17H,1-2H3,(H,15,16)(H,19,20)/b11-5+. The molecule has 0 aliphatic rings. The second-order valence-electron chi connectivity index (χ2n) is 4.32. The maximum Gasteiger partial charge on any atom is 0.354 e. The zero-order valence-electron chi connectivity index (χ0n) is 12.2. The Kier molecular flexibility index (Phi) is 4.60. The lowest BCUT2D eigenvalue weighted by atomic mass is 10.1. The van der Waals surface area contributed by atoms with Crippen LogP contribution in [0, 0.1) is 0 Å². The summed E-state index contributed by atoms with van der Waals surface area (Å²) >= 11 is 0. The van der Waals surface area contributed by atoms with Gasteiger partial charge >= 0.3 is 17.9 Å². The van der Waals surface area contributed by atoms with Crippen molar-refractivity contribution >= 4 is 34.6 Å². The predicted octanol–water partition coefficient (Wildman–Crippen LogP) is 0.903. The summed E-state index contributed by atoms with van der Waals surface area (Å²) in [6.45, 7) is 0. The normalized spacial score (nSPS) is 11.1. The summed E-state index contributed by atoms with van der Waals surface area (Å²) in [4.78, 5) is 41.3. The van der Waals surface area contributed by atoms with Gasteiger partial charge in [-0.3, -0.25) is 0 Å². The molecule has 0 aliphatic carbocycles. The molecule has 1 heterocycles. The highest BCUT2D eigenvalue weighted by atomic mass is 16.5. The first kappa shape index (κ1) is 16.0. The number of carboxylic acid groups (broad SMARTS) is 1. The summed E-state index contributed by atoms with van der Waals surface area (Å²) in [5, 5.41) is 11.9. The molecule has 0 fully saturated rings. The number of ether oxygens (including phenoxy) is 2. The van der Waals surface area contributed by atoms with E-state index in [1.807, 2.05) is 0 Å². The molecular formula is C14H13N3O6. The summed E-state index contributed by atoms with van der Waals surface area (Å²) in [7, 11) is 2.27. The molecule has 0 atom stereocenters. The minimum atomic E-state index is -1.22. The zero-order chi connectivity index (χ0) is 17.0. The van der Waals surface area contributed by atoms with Crippen molar-refractivity contribution in [2.24, 2.45) is 0 Å². The fraction of sp³-hybridized carbons (Fsp3) is 0.143. The van der Waals surface area contributed by atoms with Crippen molar-refractivity contribution in [3.63, 3.8) is 0 Å². The molecule has 3 N–H and O–H groups in total. The van der Waals surface area contributed by atoms with Crippen LogP contribution in [-0.4, -0.2) is 47.2 Å². The van der Waals surface area contributed by atoms with Crippen molar-refractivity contribution in [2.75, 3.05) is 19.5 Å². The first-order valence-electron chi connectivity index (χ1n) is 6.31. The fourth-order valence-corrected chi connectivity index (χ4v) is 1.84. The topological polar surface area (TPSA) is 131 Å². The lowest BCUT2D eigenvalue weighted by Gasteiger charge is -2.11. The molecule has 1 aromatic carbocycles. The number of nitrogens with zero attached hydrogens (tertiary/aromatic N) is 1. The Labute approximate surface area is 129 Å². The van der Waals surface area contributed by atoms with Gasteiger partial charge in [-0.1, -0.05) is 0 Å². The highest BCUT2D eigenvalue weighted by molar-refractivity contribution is 6.03. The number of aromatic nitrogens is 2. The van der Waals surface area contributed by atoms with Crippen molar-refractivity contribution in [3.8, 4) is 0 Å². The highest BCUT2D eigenvalue weighted by Crippen LogP contribution is 2.23. The highest BCUT2D eigenvalue weighted by Gasteiger charge is 2.18. The zero-order valence-corrected chi connectivity index (χ0v) is 12.2. The Morgan fingerprint density at radius 3 is 2.61 bits per heavy atom. The van der Waals surface area contributed by atoms with Gasteiger partial charge in [-0.2, -0.15) is 0 Å². The van der Waals surface area contributed by atoms with E-state index in [9.17, 15) is 19.5 Å². The molecule has 1 aromatic heterocycles. The van der Waals surface area contributed by atoms with Crippen LogP contribution in [0.1, 0.15) is 10.4 Å². The minimum absolute atomic E-state index is 0.0812. The van der Waals surface area contributed by atoms with E-state index in [1.54, 1.807) is 0 Å². The van der Waals surface area contributed by atoms with Gasteiger partial charge in [0.05, 0.1) is 48.9 Å². The third-order valence-electron chi connectivity index (χ3n) is 2.93. The first-order chi connectivity index (χ1) is 11.0. The van der Waals surface area contributed by atoms with Crippen molar-refractivity contribution < 1.29 is 29.0 Å². The molecule has 0 radical (unpaired) electrons. The van der Waals surface area contributed by atoms with Gasteiger partial charge in [0.25, 0.3) is 0 Å². The predicted molar refractivity (Wildman–Crippen MR) is 78.8 cm³/mol. The second-order valence-corrected chi connectivity index (χ2v) is 4.32. The second kappa shape index (κ2) is 6.60. The smallest absolute Gasteiger partial charge is 0.354 e. The number of rotatable bonds is 5. The van der Waals surface area contributed by atoms with Gasteiger partial charge in [-0.15, -0.1) is 0 Å². The number of carboxylic acids is 1. The van der Waals surface area contributed by atoms with Gasteiger partial charge in [-0.25, -0.2) is 19.4 Å². The Balaban J connectivity index is 2.50. The van der Waals surface area contributed by atoms with Crippen molar-refractivity contribution in [2.45, 2.75) is 0 Å². The number of methoxy groups -OCH3 is 2. The molecule has 0 saturated heterocycles. The van der Waals surface area contributed by atoms with Gasteiger partial charge in [0.2, 0.25) is 0 Å². The van der Waals surface area contributed by atoms with Gasteiger partial charge < -0.3 is 24.9 Å². The number of carbonyl (C=O) groups excluding carboxylic acids is 2. The third-order valence-corrected chi connectivity index (χ3v) is 2.93. The van der Waals surface area contributed by atoms with Crippen LogP contribution in [0.4, 0.5) is 5.69 Å². The van der Waals surface area contributed by atoms with Crippen LogP contribution in [0.15, 0.2) is 30.2 Å². The van der Waals surface area contributed by atoms with Crippen LogP contribution in [0.2, 0.25) is 0 Å². The maximum atomic E-state index is 11.7. The van der Waals surface area contributed by atoms with Gasteiger partial charge in [0, 0.05) is 0 Å². The van der Waals surface area contributed by atoms with Crippen LogP contribution in [0.5, 0.6) is 0 Å².